The zero-order valence-electron chi connectivity index (χ0n) is 20.2. The Morgan fingerprint density at radius 3 is 1.76 bits per heavy atom. The highest BCUT2D eigenvalue weighted by Gasteiger charge is 2.44. The van der Waals surface area contributed by atoms with E-state index in [1.165, 1.54) is 15.9 Å². The molecule has 4 aromatic rings. The van der Waals surface area contributed by atoms with Gasteiger partial charge in [-0.25, -0.2) is 0 Å². The summed E-state index contributed by atoms with van der Waals surface area (Å²) in [7, 11) is -2.04. The van der Waals surface area contributed by atoms with Gasteiger partial charge in [-0.15, -0.1) is 11.6 Å². The number of benzene rings is 4. The summed E-state index contributed by atoms with van der Waals surface area (Å²) in [6.07, 6.45) is 0.756. The molecule has 0 aliphatic heterocycles. The molecule has 0 radical (unpaired) electrons. The quantitative estimate of drug-likeness (QED) is 0.111. The molecule has 0 spiro atoms. The third-order valence-electron chi connectivity index (χ3n) is 6.17. The molecule has 7 heteroatoms. The molecule has 4 rings (SSSR count). The van der Waals surface area contributed by atoms with Crippen LogP contribution in [0.3, 0.4) is 0 Å². The molecule has 0 fully saturated rings. The standard InChI is InChI=1S/C30H27ClIN2O2P/c31-22-23-11-10-12-24(21-23)29(35)34-28(32)30(36)33-19-20-37(25-13-4-1-5-14-25,26-15-6-2-7-16-26)27-17-8-3-9-18-27/h1-18,21,28H,19-20,22H2,(H-,33,34,35,36)/p+1. The summed E-state index contributed by atoms with van der Waals surface area (Å²) < 4.78 is -0.706. The van der Waals surface area contributed by atoms with E-state index in [0.717, 1.165) is 11.7 Å². The maximum absolute atomic E-state index is 13.0. The molecule has 4 aromatic carbocycles. The van der Waals surface area contributed by atoms with Crippen LogP contribution in [0.5, 0.6) is 0 Å². The largest absolute Gasteiger partial charge is 0.350 e. The van der Waals surface area contributed by atoms with E-state index in [1.54, 1.807) is 18.2 Å². The van der Waals surface area contributed by atoms with Crippen molar-refractivity contribution in [1.82, 2.24) is 10.6 Å². The van der Waals surface area contributed by atoms with Gasteiger partial charge in [0.25, 0.3) is 11.8 Å². The maximum Gasteiger partial charge on any atom is 0.252 e. The smallest absolute Gasteiger partial charge is 0.252 e. The van der Waals surface area contributed by atoms with Crippen molar-refractivity contribution < 1.29 is 9.59 Å². The number of carbonyl (C=O) groups excluding carboxylic acids is 2. The highest BCUT2D eigenvalue weighted by Crippen LogP contribution is 2.54. The van der Waals surface area contributed by atoms with Crippen LogP contribution in [0.2, 0.25) is 0 Å². The Balaban J connectivity index is 1.53. The van der Waals surface area contributed by atoms with Crippen LogP contribution in [0, 0.1) is 0 Å². The normalized spacial score (nSPS) is 11.9. The van der Waals surface area contributed by atoms with Crippen molar-refractivity contribution in [2.75, 3.05) is 12.7 Å². The van der Waals surface area contributed by atoms with E-state index in [9.17, 15) is 9.59 Å². The molecule has 2 N–H and O–H groups in total. The van der Waals surface area contributed by atoms with Crippen molar-refractivity contribution in [2.45, 2.75) is 9.93 Å². The monoisotopic (exact) mass is 641 g/mol. The first-order valence-corrected chi connectivity index (χ1v) is 15.7. The molecule has 188 valence electrons. The Hall–Kier alpha value is -2.73. The number of rotatable bonds is 10. The predicted octanol–water partition coefficient (Wildman–Crippen LogP) is 5.03. The van der Waals surface area contributed by atoms with E-state index in [1.807, 2.05) is 46.9 Å². The molecule has 0 saturated heterocycles. The highest BCUT2D eigenvalue weighted by atomic mass is 127. The minimum absolute atomic E-state index is 0.227. The highest BCUT2D eigenvalue weighted by molar-refractivity contribution is 14.1. The van der Waals surface area contributed by atoms with Gasteiger partial charge in [0, 0.05) is 11.4 Å². The number of nitrogens with one attached hydrogen (secondary N) is 2. The summed E-state index contributed by atoms with van der Waals surface area (Å²) in [5.41, 5.74) is 1.33. The number of carbonyl (C=O) groups is 2. The molecule has 0 aromatic heterocycles. The Bertz CT molecular complexity index is 1230. The predicted molar refractivity (Wildman–Crippen MR) is 164 cm³/mol. The molecular formula is C30H28ClIN2O2P+. The first kappa shape index (κ1) is 27.3. The molecular weight excluding hydrogens is 614 g/mol. The molecule has 37 heavy (non-hydrogen) atoms. The molecule has 4 nitrogen and oxygen atoms in total. The van der Waals surface area contributed by atoms with Gasteiger partial charge in [-0.1, -0.05) is 66.7 Å². The van der Waals surface area contributed by atoms with Gasteiger partial charge in [0.05, 0.1) is 12.7 Å². The lowest BCUT2D eigenvalue weighted by atomic mass is 10.1. The van der Waals surface area contributed by atoms with Gasteiger partial charge in [-0.05, 0) is 76.7 Å². The first-order valence-electron chi connectivity index (χ1n) is 12.0. The van der Waals surface area contributed by atoms with E-state index in [2.05, 4.69) is 83.4 Å². The lowest BCUT2D eigenvalue weighted by Crippen LogP contribution is -2.45. The summed E-state index contributed by atoms with van der Waals surface area (Å²) in [4.78, 5) is 25.7. The van der Waals surface area contributed by atoms with Crippen molar-refractivity contribution in [3.8, 4) is 0 Å². The number of halogens is 2. The van der Waals surface area contributed by atoms with Crippen LogP contribution >= 0.6 is 41.5 Å². The van der Waals surface area contributed by atoms with Crippen LogP contribution in [0.4, 0.5) is 0 Å². The number of hydrogen-bond donors (Lipinski definition) is 2. The Kier molecular flexibility index (Phi) is 9.73. The lowest BCUT2D eigenvalue weighted by Gasteiger charge is -2.28. The van der Waals surface area contributed by atoms with Gasteiger partial charge in [-0.2, -0.15) is 0 Å². The SMILES string of the molecule is O=C(NC(I)C(=O)NCC[P+](c1ccccc1)(c1ccccc1)c1ccccc1)c1cccc(CCl)c1. The molecule has 1 unspecified atom stereocenters. The third-order valence-corrected chi connectivity index (χ3v) is 11.8. The molecule has 1 atom stereocenters. The Morgan fingerprint density at radius 2 is 1.27 bits per heavy atom. The Labute approximate surface area is 237 Å². The second-order valence-corrected chi connectivity index (χ2v) is 13.6. The summed E-state index contributed by atoms with van der Waals surface area (Å²) in [6.45, 7) is 0.475. The lowest BCUT2D eigenvalue weighted by molar-refractivity contribution is -0.120. The number of amides is 2. The fraction of sp³-hybridized carbons (Fsp3) is 0.133. The maximum atomic E-state index is 13.0. The van der Waals surface area contributed by atoms with Crippen molar-refractivity contribution >= 4 is 69.2 Å². The molecule has 0 aliphatic rings. The van der Waals surface area contributed by atoms with Crippen LogP contribution in [0.15, 0.2) is 115 Å². The van der Waals surface area contributed by atoms with Gasteiger partial charge in [0.2, 0.25) is 0 Å². The molecule has 0 saturated carbocycles. The zero-order valence-corrected chi connectivity index (χ0v) is 24.0. The summed E-state index contributed by atoms with van der Waals surface area (Å²) >= 11 is 7.85. The van der Waals surface area contributed by atoms with Crippen molar-refractivity contribution in [3.63, 3.8) is 0 Å². The van der Waals surface area contributed by atoms with E-state index in [-0.39, 0.29) is 11.8 Å². The fourth-order valence-electron chi connectivity index (χ4n) is 4.38. The topological polar surface area (TPSA) is 58.2 Å². The van der Waals surface area contributed by atoms with E-state index >= 15 is 0 Å². The second-order valence-electron chi connectivity index (χ2n) is 8.50. The van der Waals surface area contributed by atoms with Crippen molar-refractivity contribution in [3.05, 3.63) is 126 Å². The average Bonchev–Trinajstić information content (AvgIpc) is 2.96. The Morgan fingerprint density at radius 1 is 0.757 bits per heavy atom. The number of alkyl halides is 2. The van der Waals surface area contributed by atoms with Crippen LogP contribution < -0.4 is 26.5 Å². The van der Waals surface area contributed by atoms with Crippen molar-refractivity contribution in [2.24, 2.45) is 0 Å². The van der Waals surface area contributed by atoms with Gasteiger partial charge in [0.1, 0.15) is 23.2 Å². The summed E-state index contributed by atoms with van der Waals surface area (Å²) in [5, 5.41) is 9.66. The molecule has 2 amide bonds. The third kappa shape index (κ3) is 6.59. The van der Waals surface area contributed by atoms with Gasteiger partial charge in [-0.3, -0.25) is 9.59 Å². The number of hydrogen-bond acceptors (Lipinski definition) is 2. The van der Waals surface area contributed by atoms with Gasteiger partial charge in [0.15, 0.2) is 4.05 Å². The van der Waals surface area contributed by atoms with Crippen molar-refractivity contribution in [1.29, 1.82) is 0 Å². The van der Waals surface area contributed by atoms with Gasteiger partial charge >= 0.3 is 0 Å². The van der Waals surface area contributed by atoms with E-state index in [0.29, 0.717) is 18.0 Å². The molecule has 0 heterocycles. The fourth-order valence-corrected chi connectivity index (χ4v) is 9.21. The minimum atomic E-state index is -2.04. The summed E-state index contributed by atoms with van der Waals surface area (Å²) in [6, 6.07) is 38.7. The van der Waals surface area contributed by atoms with Crippen LogP contribution in [0.25, 0.3) is 0 Å². The molecule has 0 bridgehead atoms. The molecule has 0 aliphatic carbocycles. The second kappa shape index (κ2) is 13.2. The van der Waals surface area contributed by atoms with E-state index in [4.69, 9.17) is 11.6 Å². The van der Waals surface area contributed by atoms with Gasteiger partial charge < -0.3 is 10.6 Å². The zero-order chi connectivity index (χ0) is 26.1. The summed E-state index contributed by atoms with van der Waals surface area (Å²) in [5.74, 6) is -0.208. The van der Waals surface area contributed by atoms with Crippen LogP contribution in [-0.4, -0.2) is 28.6 Å². The minimum Gasteiger partial charge on any atom is -0.350 e. The average molecular weight is 642 g/mol. The van der Waals surface area contributed by atoms with Crippen LogP contribution in [-0.2, 0) is 10.7 Å². The van der Waals surface area contributed by atoms with E-state index < -0.39 is 11.3 Å². The van der Waals surface area contributed by atoms with Crippen LogP contribution in [0.1, 0.15) is 15.9 Å². The first-order chi connectivity index (χ1) is 18.0.